The predicted octanol–water partition coefficient (Wildman–Crippen LogP) is 2.50. The second kappa shape index (κ2) is 9.25. The minimum Gasteiger partial charge on any atom is -0.468 e. The molecule has 0 unspecified atom stereocenters. The number of hydrogen-bond acceptors (Lipinski definition) is 11. The minimum atomic E-state index is -4.48. The lowest BCUT2D eigenvalue weighted by Crippen LogP contribution is -2.19. The highest BCUT2D eigenvalue weighted by atomic mass is 32.2. The van der Waals surface area contributed by atoms with E-state index in [0.29, 0.717) is 11.1 Å². The molecule has 15 heteroatoms. The Labute approximate surface area is 196 Å². The zero-order valence-corrected chi connectivity index (χ0v) is 18.7. The number of sulfone groups is 1. The standard InChI is InChI=1S/C20H16F3N7O4S/c1-35(31,32)13-4-2-3-11(7-13)8-14-26-16(29-19(24)27-14)17-28-18(34-30-17)12-5-6-15(25-9-12)33-10-20(21,22)23/h2-7,9H,8,10H2,1H3,(H2,24,26,27,29). The van der Waals surface area contributed by atoms with Crippen LogP contribution < -0.4 is 10.5 Å². The van der Waals surface area contributed by atoms with Gasteiger partial charge >= 0.3 is 6.18 Å². The lowest BCUT2D eigenvalue weighted by atomic mass is 10.1. The van der Waals surface area contributed by atoms with Crippen molar-refractivity contribution in [1.29, 1.82) is 0 Å². The molecule has 11 nitrogen and oxygen atoms in total. The summed E-state index contributed by atoms with van der Waals surface area (Å²) in [4.78, 5) is 20.5. The summed E-state index contributed by atoms with van der Waals surface area (Å²) in [5.41, 5.74) is 6.75. The second-order valence-corrected chi connectivity index (χ2v) is 9.26. The number of nitrogen functional groups attached to an aromatic ring is 1. The lowest BCUT2D eigenvalue weighted by Gasteiger charge is -2.07. The van der Waals surface area contributed by atoms with Crippen molar-refractivity contribution in [1.82, 2.24) is 30.1 Å². The van der Waals surface area contributed by atoms with Gasteiger partial charge in [-0.3, -0.25) is 0 Å². The molecule has 0 saturated carbocycles. The molecule has 0 saturated heterocycles. The van der Waals surface area contributed by atoms with Crippen molar-refractivity contribution in [2.75, 3.05) is 18.6 Å². The van der Waals surface area contributed by atoms with Crippen LogP contribution in [0.1, 0.15) is 11.4 Å². The number of nitrogens with zero attached hydrogens (tertiary/aromatic N) is 6. The van der Waals surface area contributed by atoms with Crippen molar-refractivity contribution in [2.45, 2.75) is 17.5 Å². The van der Waals surface area contributed by atoms with Crippen molar-refractivity contribution < 1.29 is 30.8 Å². The predicted molar refractivity (Wildman–Crippen MR) is 115 cm³/mol. The Bertz CT molecular complexity index is 1460. The third kappa shape index (κ3) is 6.26. The van der Waals surface area contributed by atoms with E-state index in [1.807, 2.05) is 0 Å². The summed E-state index contributed by atoms with van der Waals surface area (Å²) in [6.07, 6.45) is -2.00. The van der Waals surface area contributed by atoms with E-state index in [9.17, 15) is 21.6 Å². The largest absolute Gasteiger partial charge is 0.468 e. The lowest BCUT2D eigenvalue weighted by molar-refractivity contribution is -0.154. The average molecular weight is 507 g/mol. The maximum Gasteiger partial charge on any atom is 0.422 e. The van der Waals surface area contributed by atoms with Gasteiger partial charge in [-0.2, -0.15) is 28.1 Å². The molecular formula is C20H16F3N7O4S. The van der Waals surface area contributed by atoms with Gasteiger partial charge in [0.05, 0.1) is 10.5 Å². The third-order valence-corrected chi connectivity index (χ3v) is 5.49. The summed E-state index contributed by atoms with van der Waals surface area (Å²) in [5.74, 6) is -0.0739. The van der Waals surface area contributed by atoms with Gasteiger partial charge in [0.2, 0.25) is 23.5 Å². The number of benzene rings is 1. The van der Waals surface area contributed by atoms with Crippen molar-refractivity contribution in [2.24, 2.45) is 0 Å². The monoisotopic (exact) mass is 507 g/mol. The summed E-state index contributed by atoms with van der Waals surface area (Å²) in [6, 6.07) is 8.95. The second-order valence-electron chi connectivity index (χ2n) is 7.24. The highest BCUT2D eigenvalue weighted by Crippen LogP contribution is 2.23. The van der Waals surface area contributed by atoms with E-state index in [0.717, 1.165) is 6.26 Å². The molecule has 0 fully saturated rings. The summed E-state index contributed by atoms with van der Waals surface area (Å²) < 4.78 is 70.1. The van der Waals surface area contributed by atoms with Crippen molar-refractivity contribution in [3.63, 3.8) is 0 Å². The minimum absolute atomic E-state index is 0.0104. The summed E-state index contributed by atoms with van der Waals surface area (Å²) >= 11 is 0. The first-order chi connectivity index (χ1) is 16.5. The van der Waals surface area contributed by atoms with E-state index in [2.05, 4.69) is 34.8 Å². The molecule has 4 aromatic rings. The molecule has 0 aliphatic heterocycles. The molecule has 4 rings (SSSR count). The van der Waals surface area contributed by atoms with Crippen LogP contribution in [0.4, 0.5) is 19.1 Å². The molecular weight excluding hydrogens is 491 g/mol. The van der Waals surface area contributed by atoms with Crippen LogP contribution in [0.25, 0.3) is 23.1 Å². The first-order valence-corrected chi connectivity index (χ1v) is 11.6. The molecule has 182 valence electrons. The van der Waals surface area contributed by atoms with Gasteiger partial charge in [-0.25, -0.2) is 18.4 Å². The smallest absolute Gasteiger partial charge is 0.422 e. The van der Waals surface area contributed by atoms with Gasteiger partial charge < -0.3 is 15.0 Å². The number of alkyl halides is 3. The Balaban J connectivity index is 1.54. The molecule has 0 spiro atoms. The molecule has 3 heterocycles. The molecule has 3 aromatic heterocycles. The maximum absolute atomic E-state index is 12.3. The fraction of sp³-hybridized carbons (Fsp3) is 0.200. The van der Waals surface area contributed by atoms with Gasteiger partial charge in [0.15, 0.2) is 16.4 Å². The first kappa shape index (κ1) is 24.0. The van der Waals surface area contributed by atoms with Gasteiger partial charge in [0, 0.05) is 24.9 Å². The molecule has 0 amide bonds. The molecule has 0 radical (unpaired) electrons. The fourth-order valence-electron chi connectivity index (χ4n) is 2.87. The van der Waals surface area contributed by atoms with E-state index in [4.69, 9.17) is 10.3 Å². The van der Waals surface area contributed by atoms with Crippen LogP contribution in [0.2, 0.25) is 0 Å². The number of nitrogens with two attached hydrogens (primary N) is 1. The number of pyridine rings is 1. The molecule has 0 aliphatic rings. The van der Waals surface area contributed by atoms with Crippen LogP contribution in [0.15, 0.2) is 52.0 Å². The Kier molecular flexibility index (Phi) is 6.34. The molecule has 0 bridgehead atoms. The third-order valence-electron chi connectivity index (χ3n) is 4.38. The molecule has 1 aromatic carbocycles. The zero-order chi connectivity index (χ0) is 25.2. The van der Waals surface area contributed by atoms with E-state index in [1.165, 1.54) is 30.5 Å². The topological polar surface area (TPSA) is 160 Å². The van der Waals surface area contributed by atoms with Crippen molar-refractivity contribution >= 4 is 15.8 Å². The Morgan fingerprint density at radius 2 is 1.86 bits per heavy atom. The summed E-state index contributed by atoms with van der Waals surface area (Å²) in [7, 11) is -3.39. The van der Waals surface area contributed by atoms with Crippen molar-refractivity contribution in [3.05, 3.63) is 54.0 Å². The van der Waals surface area contributed by atoms with Crippen LogP contribution in [-0.4, -0.2) is 57.5 Å². The SMILES string of the molecule is CS(=O)(=O)c1cccc(Cc2nc(N)nc(-c3noc(-c4ccc(OCC(F)(F)F)nc4)n3)n2)c1. The van der Waals surface area contributed by atoms with E-state index in [1.54, 1.807) is 12.1 Å². The van der Waals surface area contributed by atoms with E-state index >= 15 is 0 Å². The fourth-order valence-corrected chi connectivity index (χ4v) is 3.56. The molecule has 0 atom stereocenters. The number of ether oxygens (including phenoxy) is 1. The Morgan fingerprint density at radius 3 is 2.54 bits per heavy atom. The zero-order valence-electron chi connectivity index (χ0n) is 17.9. The normalized spacial score (nSPS) is 12.0. The highest BCUT2D eigenvalue weighted by molar-refractivity contribution is 7.90. The van der Waals surface area contributed by atoms with Gasteiger partial charge in [-0.05, 0) is 23.8 Å². The van der Waals surface area contributed by atoms with Crippen LogP contribution in [-0.2, 0) is 16.3 Å². The Morgan fingerprint density at radius 1 is 1.06 bits per heavy atom. The molecule has 35 heavy (non-hydrogen) atoms. The number of anilines is 1. The Hall–Kier alpha value is -4.14. The molecule has 2 N–H and O–H groups in total. The van der Waals surface area contributed by atoms with E-state index < -0.39 is 22.6 Å². The first-order valence-electron chi connectivity index (χ1n) is 9.76. The number of aromatic nitrogens is 6. The maximum atomic E-state index is 12.3. The number of halogens is 3. The van der Waals surface area contributed by atoms with Crippen LogP contribution >= 0.6 is 0 Å². The number of rotatable bonds is 7. The van der Waals surface area contributed by atoms with Gasteiger partial charge in [-0.1, -0.05) is 17.3 Å². The van der Waals surface area contributed by atoms with Crippen LogP contribution in [0.5, 0.6) is 5.88 Å². The number of hydrogen-bond donors (Lipinski definition) is 1. The summed E-state index contributed by atoms with van der Waals surface area (Å²) in [5, 5.41) is 3.81. The van der Waals surface area contributed by atoms with Crippen LogP contribution in [0, 0.1) is 0 Å². The van der Waals surface area contributed by atoms with E-state index in [-0.39, 0.29) is 46.5 Å². The quantitative estimate of drug-likeness (QED) is 0.391. The van der Waals surface area contributed by atoms with Gasteiger partial charge in [-0.15, -0.1) is 0 Å². The van der Waals surface area contributed by atoms with Gasteiger partial charge in [0.25, 0.3) is 5.89 Å². The molecule has 0 aliphatic carbocycles. The average Bonchev–Trinajstić information content (AvgIpc) is 3.27. The summed E-state index contributed by atoms with van der Waals surface area (Å²) in [6.45, 7) is -1.47. The highest BCUT2D eigenvalue weighted by Gasteiger charge is 2.28. The van der Waals surface area contributed by atoms with Crippen molar-refractivity contribution in [3.8, 4) is 29.0 Å². The van der Waals surface area contributed by atoms with Gasteiger partial charge in [0.1, 0.15) is 5.82 Å². The van der Waals surface area contributed by atoms with Crippen LogP contribution in [0.3, 0.4) is 0 Å².